The molecule has 0 bridgehead atoms. The SMILES string of the molecule is CC/C=C\C/C=C\C/C=C\C/C=C\CCCCCCCCC(=O)OCC(COC(=O)CCCCCCCCCCCCCCCCCCCCCCCC)OC(=O)CCCCCCCCCCCCCCCCCCCCCCC. The van der Waals surface area contributed by atoms with Crippen molar-refractivity contribution in [1.82, 2.24) is 0 Å². The van der Waals surface area contributed by atoms with Gasteiger partial charge in [-0.1, -0.05) is 358 Å². The number of hydrogen-bond acceptors (Lipinski definition) is 6. The van der Waals surface area contributed by atoms with Crippen LogP contribution < -0.4 is 0 Å². The summed E-state index contributed by atoms with van der Waals surface area (Å²) in [7, 11) is 0. The van der Waals surface area contributed by atoms with Gasteiger partial charge in [-0.15, -0.1) is 0 Å². The summed E-state index contributed by atoms with van der Waals surface area (Å²) in [6.07, 6.45) is 87.1. The van der Waals surface area contributed by atoms with Gasteiger partial charge in [-0.2, -0.15) is 0 Å². The highest BCUT2D eigenvalue weighted by atomic mass is 16.6. The molecule has 0 saturated carbocycles. The second-order valence-corrected chi connectivity index (χ2v) is 24.1. The van der Waals surface area contributed by atoms with Gasteiger partial charge in [0.2, 0.25) is 0 Å². The quantitative estimate of drug-likeness (QED) is 0.0261. The molecule has 0 aliphatic rings. The molecule has 0 aromatic rings. The number of rotatable bonds is 66. The van der Waals surface area contributed by atoms with Gasteiger partial charge in [0.05, 0.1) is 0 Å². The fraction of sp³-hybridized carbons (Fsp3) is 0.851. The van der Waals surface area contributed by atoms with Gasteiger partial charge < -0.3 is 14.2 Å². The average Bonchev–Trinajstić information content (AvgIpc) is 3.46. The molecular weight excluding hydrogens is 985 g/mol. The summed E-state index contributed by atoms with van der Waals surface area (Å²) in [6, 6.07) is 0. The zero-order valence-corrected chi connectivity index (χ0v) is 53.9. The molecule has 80 heavy (non-hydrogen) atoms. The molecule has 0 amide bonds. The molecule has 0 aromatic heterocycles. The summed E-state index contributed by atoms with van der Waals surface area (Å²) in [4.78, 5) is 38.5. The molecule has 0 aromatic carbocycles. The first-order chi connectivity index (χ1) is 39.5. The monoisotopic (exact) mass is 1120 g/mol. The van der Waals surface area contributed by atoms with Crippen LogP contribution in [0.25, 0.3) is 0 Å². The summed E-state index contributed by atoms with van der Waals surface area (Å²) in [5.41, 5.74) is 0. The normalized spacial score (nSPS) is 12.3. The van der Waals surface area contributed by atoms with Crippen LogP contribution in [0, 0.1) is 0 Å². The lowest BCUT2D eigenvalue weighted by Gasteiger charge is -2.18. The molecule has 0 fully saturated rings. The van der Waals surface area contributed by atoms with Crippen molar-refractivity contribution in [2.75, 3.05) is 13.2 Å². The van der Waals surface area contributed by atoms with Gasteiger partial charge in [0.1, 0.15) is 13.2 Å². The summed E-state index contributed by atoms with van der Waals surface area (Å²) in [5, 5.41) is 0. The van der Waals surface area contributed by atoms with Crippen LogP contribution in [0.5, 0.6) is 0 Å². The van der Waals surface area contributed by atoms with E-state index in [1.54, 1.807) is 0 Å². The fourth-order valence-corrected chi connectivity index (χ4v) is 10.8. The van der Waals surface area contributed by atoms with Gasteiger partial charge in [0, 0.05) is 19.3 Å². The van der Waals surface area contributed by atoms with E-state index in [9.17, 15) is 14.4 Å². The van der Waals surface area contributed by atoms with Crippen molar-refractivity contribution < 1.29 is 28.6 Å². The van der Waals surface area contributed by atoms with Crippen LogP contribution in [0.15, 0.2) is 48.6 Å². The van der Waals surface area contributed by atoms with E-state index >= 15 is 0 Å². The van der Waals surface area contributed by atoms with Crippen LogP contribution in [0.1, 0.15) is 387 Å². The molecule has 0 aliphatic heterocycles. The number of hydrogen-bond donors (Lipinski definition) is 0. The molecule has 0 aliphatic carbocycles. The van der Waals surface area contributed by atoms with Crippen LogP contribution in [-0.4, -0.2) is 37.2 Å². The Bertz CT molecular complexity index is 1380. The average molecular weight is 1120 g/mol. The lowest BCUT2D eigenvalue weighted by atomic mass is 10.0. The maximum atomic E-state index is 13.0. The van der Waals surface area contributed by atoms with Gasteiger partial charge in [-0.3, -0.25) is 14.4 Å². The highest BCUT2D eigenvalue weighted by molar-refractivity contribution is 5.71. The van der Waals surface area contributed by atoms with E-state index in [0.29, 0.717) is 19.3 Å². The van der Waals surface area contributed by atoms with Crippen molar-refractivity contribution in [3.63, 3.8) is 0 Å². The molecule has 0 saturated heterocycles. The van der Waals surface area contributed by atoms with E-state index in [1.807, 2.05) is 0 Å². The van der Waals surface area contributed by atoms with Gasteiger partial charge in [0.15, 0.2) is 6.10 Å². The van der Waals surface area contributed by atoms with Crippen molar-refractivity contribution in [3.8, 4) is 0 Å². The molecule has 0 rings (SSSR count). The predicted molar refractivity (Wildman–Crippen MR) is 349 cm³/mol. The number of allylic oxidation sites excluding steroid dienone is 8. The van der Waals surface area contributed by atoms with Crippen LogP contribution in [0.2, 0.25) is 0 Å². The number of unbranched alkanes of at least 4 members (excludes halogenated alkanes) is 47. The first-order valence-electron chi connectivity index (χ1n) is 35.6. The third-order valence-corrected chi connectivity index (χ3v) is 16.1. The second-order valence-electron chi connectivity index (χ2n) is 24.1. The first-order valence-corrected chi connectivity index (χ1v) is 35.6. The highest BCUT2D eigenvalue weighted by Gasteiger charge is 2.19. The molecule has 0 heterocycles. The van der Waals surface area contributed by atoms with Crippen LogP contribution in [-0.2, 0) is 28.6 Å². The minimum atomic E-state index is -0.778. The maximum Gasteiger partial charge on any atom is 0.306 e. The number of esters is 3. The Kier molecular flexibility index (Phi) is 66.6. The summed E-state index contributed by atoms with van der Waals surface area (Å²) < 4.78 is 17.0. The van der Waals surface area contributed by atoms with Crippen LogP contribution >= 0.6 is 0 Å². The molecule has 6 heteroatoms. The van der Waals surface area contributed by atoms with E-state index in [-0.39, 0.29) is 31.1 Å². The zero-order chi connectivity index (χ0) is 57.8. The zero-order valence-electron chi connectivity index (χ0n) is 53.9. The molecule has 6 nitrogen and oxygen atoms in total. The van der Waals surface area contributed by atoms with Crippen molar-refractivity contribution in [3.05, 3.63) is 48.6 Å². The molecule has 0 N–H and O–H groups in total. The number of carbonyl (C=O) groups excluding carboxylic acids is 3. The van der Waals surface area contributed by atoms with E-state index in [0.717, 1.165) is 89.9 Å². The third-order valence-electron chi connectivity index (χ3n) is 16.1. The van der Waals surface area contributed by atoms with Gasteiger partial charge in [0.25, 0.3) is 0 Å². The number of ether oxygens (including phenoxy) is 3. The second kappa shape index (κ2) is 68.9. The first kappa shape index (κ1) is 77.4. The van der Waals surface area contributed by atoms with E-state index in [2.05, 4.69) is 69.4 Å². The fourth-order valence-electron chi connectivity index (χ4n) is 10.8. The summed E-state index contributed by atoms with van der Waals surface area (Å²) in [5.74, 6) is -0.856. The Morgan fingerprint density at radius 2 is 0.487 bits per heavy atom. The van der Waals surface area contributed by atoms with Gasteiger partial charge in [-0.05, 0) is 57.8 Å². The summed E-state index contributed by atoms with van der Waals surface area (Å²) >= 11 is 0. The third kappa shape index (κ3) is 66.2. The molecular formula is C74H136O6. The van der Waals surface area contributed by atoms with Crippen molar-refractivity contribution in [2.45, 2.75) is 393 Å². The van der Waals surface area contributed by atoms with Gasteiger partial charge in [-0.25, -0.2) is 0 Å². The van der Waals surface area contributed by atoms with E-state index in [1.165, 1.54) is 257 Å². The minimum Gasteiger partial charge on any atom is -0.462 e. The smallest absolute Gasteiger partial charge is 0.306 e. The van der Waals surface area contributed by atoms with Crippen LogP contribution in [0.4, 0.5) is 0 Å². The Morgan fingerprint density at radius 3 is 0.762 bits per heavy atom. The van der Waals surface area contributed by atoms with E-state index < -0.39 is 6.10 Å². The Labute approximate surface area is 498 Å². The molecule has 0 spiro atoms. The Morgan fingerprint density at radius 1 is 0.263 bits per heavy atom. The van der Waals surface area contributed by atoms with E-state index in [4.69, 9.17) is 14.2 Å². The van der Waals surface area contributed by atoms with Crippen molar-refractivity contribution >= 4 is 17.9 Å². The maximum absolute atomic E-state index is 13.0. The number of carbonyl (C=O) groups is 3. The Hall–Kier alpha value is -2.63. The molecule has 0 radical (unpaired) electrons. The highest BCUT2D eigenvalue weighted by Crippen LogP contribution is 2.19. The van der Waals surface area contributed by atoms with Crippen molar-refractivity contribution in [2.24, 2.45) is 0 Å². The lowest BCUT2D eigenvalue weighted by molar-refractivity contribution is -0.167. The molecule has 1 atom stereocenters. The molecule has 468 valence electrons. The van der Waals surface area contributed by atoms with Crippen molar-refractivity contribution in [1.29, 1.82) is 0 Å². The predicted octanol–water partition coefficient (Wildman–Crippen LogP) is 24.5. The Balaban J connectivity index is 4.32. The molecule has 1 unspecified atom stereocenters. The summed E-state index contributed by atoms with van der Waals surface area (Å²) in [6.45, 7) is 6.60. The standard InChI is InChI=1S/C74H136O6/c1-4-7-10-13-16-19-22-25-28-31-34-36-38-40-43-46-49-52-55-58-61-64-67-73(76)79-70-71(69-78-72(75)66-63-60-57-54-51-48-45-42-39-33-30-27-24-21-18-15-12-9-6-3)80-74(77)68-65-62-59-56-53-50-47-44-41-37-35-32-29-26-23-20-17-14-11-8-5-2/h9,12,18,21,27,30,39,42,71H,4-8,10-11,13-17,19-20,22-26,28-29,31-38,40-41,43-70H2,1-3H3/b12-9-,21-18-,30-27-,42-39-. The van der Waals surface area contributed by atoms with Gasteiger partial charge >= 0.3 is 17.9 Å². The van der Waals surface area contributed by atoms with Crippen LogP contribution in [0.3, 0.4) is 0 Å². The minimum absolute atomic E-state index is 0.0720. The lowest BCUT2D eigenvalue weighted by Crippen LogP contribution is -2.30. The largest absolute Gasteiger partial charge is 0.462 e. The topological polar surface area (TPSA) is 78.9 Å².